The topological polar surface area (TPSA) is 49.4 Å². The van der Waals surface area contributed by atoms with Crippen LogP contribution in [0.3, 0.4) is 0 Å². The summed E-state index contributed by atoms with van der Waals surface area (Å²) >= 11 is 1.59. The third kappa shape index (κ3) is 6.75. The molecule has 0 saturated heterocycles. The van der Waals surface area contributed by atoms with Crippen LogP contribution in [0.2, 0.25) is 0 Å². The fourth-order valence-corrected chi connectivity index (χ4v) is 3.78. The van der Waals surface area contributed by atoms with Crippen LogP contribution in [0, 0.1) is 6.92 Å². The minimum Gasteiger partial charge on any atom is -0.357 e. The van der Waals surface area contributed by atoms with Gasteiger partial charge in [-0.15, -0.1) is 11.8 Å². The molecule has 0 aliphatic heterocycles. The molecule has 0 radical (unpaired) electrons. The molecule has 0 aliphatic rings. The molecule has 144 valence electrons. The van der Waals surface area contributed by atoms with Gasteiger partial charge in [-0.05, 0) is 31.4 Å². The molecule has 2 rings (SSSR count). The van der Waals surface area contributed by atoms with Crippen molar-refractivity contribution in [2.75, 3.05) is 19.3 Å². The number of aryl methyl sites for hydroxylation is 1. The third-order valence-corrected chi connectivity index (χ3v) is 5.46. The first-order valence-electron chi connectivity index (χ1n) is 9.19. The van der Waals surface area contributed by atoms with Gasteiger partial charge in [0.05, 0.1) is 5.75 Å². The first kappa shape index (κ1) is 21.0. The maximum atomic E-state index is 12.8. The second kappa shape index (κ2) is 10.8. The minimum atomic E-state index is -0.481. The van der Waals surface area contributed by atoms with Crippen molar-refractivity contribution in [2.45, 2.75) is 32.1 Å². The van der Waals surface area contributed by atoms with E-state index in [0.717, 1.165) is 17.7 Å². The van der Waals surface area contributed by atoms with Crippen molar-refractivity contribution in [3.8, 4) is 0 Å². The van der Waals surface area contributed by atoms with Crippen molar-refractivity contribution in [1.82, 2.24) is 10.2 Å². The highest BCUT2D eigenvalue weighted by Gasteiger charge is 2.24. The second-order valence-electron chi connectivity index (χ2n) is 6.59. The van der Waals surface area contributed by atoms with E-state index in [4.69, 9.17) is 0 Å². The van der Waals surface area contributed by atoms with Gasteiger partial charge >= 0.3 is 0 Å². The van der Waals surface area contributed by atoms with Gasteiger partial charge in [0.25, 0.3) is 0 Å². The number of carbonyl (C=O) groups excluding carboxylic acids is 2. The summed E-state index contributed by atoms with van der Waals surface area (Å²) in [6.45, 7) is 4.38. The molecule has 4 nitrogen and oxygen atoms in total. The molecule has 0 fully saturated rings. The summed E-state index contributed by atoms with van der Waals surface area (Å²) in [6.07, 6.45) is 0.733. The highest BCUT2D eigenvalue weighted by atomic mass is 32.2. The van der Waals surface area contributed by atoms with Crippen molar-refractivity contribution in [2.24, 2.45) is 0 Å². The zero-order valence-corrected chi connectivity index (χ0v) is 17.1. The number of likely N-dealkylation sites (N-methyl/N-ethyl adjacent to an activating group) is 1. The van der Waals surface area contributed by atoms with Crippen LogP contribution in [0.25, 0.3) is 0 Å². The number of amides is 2. The molecular weight excluding hydrogens is 356 g/mol. The van der Waals surface area contributed by atoms with E-state index in [0.29, 0.717) is 12.3 Å². The predicted molar refractivity (Wildman–Crippen MR) is 113 cm³/mol. The molecule has 2 aromatic rings. The summed E-state index contributed by atoms with van der Waals surface area (Å²) in [5.41, 5.74) is 3.59. The van der Waals surface area contributed by atoms with Gasteiger partial charge in [-0.1, -0.05) is 60.2 Å². The lowest BCUT2D eigenvalue weighted by molar-refractivity contribution is -0.137. The summed E-state index contributed by atoms with van der Waals surface area (Å²) in [6, 6.07) is 17.9. The fourth-order valence-electron chi connectivity index (χ4n) is 2.92. The zero-order chi connectivity index (χ0) is 19.6. The van der Waals surface area contributed by atoms with E-state index in [-0.39, 0.29) is 11.8 Å². The molecule has 1 N–H and O–H groups in total. The molecule has 0 heterocycles. The molecule has 5 heteroatoms. The summed E-state index contributed by atoms with van der Waals surface area (Å²) in [5.74, 6) is 1.01. The number of carbonyl (C=O) groups is 2. The van der Waals surface area contributed by atoms with Crippen molar-refractivity contribution in [3.63, 3.8) is 0 Å². The number of benzene rings is 2. The Kier molecular flexibility index (Phi) is 8.40. The Balaban J connectivity index is 1.96. The van der Waals surface area contributed by atoms with Gasteiger partial charge in [0.15, 0.2) is 0 Å². The summed E-state index contributed by atoms with van der Waals surface area (Å²) in [7, 11) is 1.60. The summed E-state index contributed by atoms with van der Waals surface area (Å²) in [5, 5.41) is 2.65. The van der Waals surface area contributed by atoms with Crippen molar-refractivity contribution < 1.29 is 9.59 Å². The van der Waals surface area contributed by atoms with Gasteiger partial charge in [-0.2, -0.15) is 0 Å². The SMILES string of the molecule is CNC(=O)[C@@H](C)N(CCc1ccccc1)C(=O)CSCc1cccc(C)c1. The molecule has 0 aromatic heterocycles. The minimum absolute atomic E-state index is 0.000292. The Morgan fingerprint density at radius 1 is 1.07 bits per heavy atom. The molecule has 2 amide bonds. The maximum Gasteiger partial charge on any atom is 0.242 e. The van der Waals surface area contributed by atoms with E-state index in [9.17, 15) is 9.59 Å². The molecule has 0 spiro atoms. The molecule has 1 atom stereocenters. The Morgan fingerprint density at radius 3 is 2.44 bits per heavy atom. The first-order chi connectivity index (χ1) is 13.0. The van der Waals surface area contributed by atoms with Crippen LogP contribution in [0.5, 0.6) is 0 Å². The van der Waals surface area contributed by atoms with Gasteiger partial charge in [0.1, 0.15) is 6.04 Å². The lowest BCUT2D eigenvalue weighted by Crippen LogP contribution is -2.48. The van der Waals surface area contributed by atoms with Gasteiger partial charge in [0, 0.05) is 19.3 Å². The van der Waals surface area contributed by atoms with Gasteiger partial charge in [0.2, 0.25) is 11.8 Å². The highest BCUT2D eigenvalue weighted by molar-refractivity contribution is 7.99. The van der Waals surface area contributed by atoms with Crippen LogP contribution in [-0.4, -0.2) is 42.1 Å². The molecule has 27 heavy (non-hydrogen) atoms. The van der Waals surface area contributed by atoms with Crippen LogP contribution >= 0.6 is 11.8 Å². The average Bonchev–Trinajstić information content (AvgIpc) is 2.68. The van der Waals surface area contributed by atoms with E-state index in [2.05, 4.69) is 30.4 Å². The predicted octanol–water partition coefficient (Wildman–Crippen LogP) is 3.43. The zero-order valence-electron chi connectivity index (χ0n) is 16.3. The molecule has 0 unspecified atom stereocenters. The van der Waals surface area contributed by atoms with Crippen molar-refractivity contribution >= 4 is 23.6 Å². The normalized spacial score (nSPS) is 11.7. The second-order valence-corrected chi connectivity index (χ2v) is 7.58. The van der Waals surface area contributed by atoms with Crippen LogP contribution in [0.15, 0.2) is 54.6 Å². The molecule has 0 bridgehead atoms. The van der Waals surface area contributed by atoms with Gasteiger partial charge < -0.3 is 10.2 Å². The van der Waals surface area contributed by atoms with Gasteiger partial charge in [-0.25, -0.2) is 0 Å². The van der Waals surface area contributed by atoms with E-state index < -0.39 is 6.04 Å². The number of thioether (sulfide) groups is 1. The Labute approximate surface area is 166 Å². The standard InChI is InChI=1S/C22H28N2O2S/c1-17-8-7-11-20(14-17)15-27-16-21(25)24(18(2)22(26)23-3)13-12-19-9-5-4-6-10-19/h4-11,14,18H,12-13,15-16H2,1-3H3,(H,23,26)/t18-/m1/s1. The Hall–Kier alpha value is -2.27. The van der Waals surface area contributed by atoms with E-state index >= 15 is 0 Å². The van der Waals surface area contributed by atoms with Crippen molar-refractivity contribution in [3.05, 3.63) is 71.3 Å². The van der Waals surface area contributed by atoms with Crippen molar-refractivity contribution in [1.29, 1.82) is 0 Å². The Morgan fingerprint density at radius 2 is 1.78 bits per heavy atom. The van der Waals surface area contributed by atoms with Crippen LogP contribution in [0.1, 0.15) is 23.6 Å². The third-order valence-electron chi connectivity index (χ3n) is 4.47. The van der Waals surface area contributed by atoms with Crippen LogP contribution < -0.4 is 5.32 Å². The lowest BCUT2D eigenvalue weighted by Gasteiger charge is -2.28. The Bertz CT molecular complexity index is 749. The number of nitrogens with zero attached hydrogens (tertiary/aromatic N) is 1. The van der Waals surface area contributed by atoms with E-state index in [1.165, 1.54) is 11.1 Å². The maximum absolute atomic E-state index is 12.8. The molecule has 2 aromatic carbocycles. The number of hydrogen-bond acceptors (Lipinski definition) is 3. The lowest BCUT2D eigenvalue weighted by atomic mass is 10.1. The molecular formula is C22H28N2O2S. The smallest absolute Gasteiger partial charge is 0.242 e. The van der Waals surface area contributed by atoms with Crippen LogP contribution in [0.4, 0.5) is 0 Å². The van der Waals surface area contributed by atoms with E-state index in [1.807, 2.05) is 36.4 Å². The summed E-state index contributed by atoms with van der Waals surface area (Å²) in [4.78, 5) is 26.6. The van der Waals surface area contributed by atoms with Crippen LogP contribution in [-0.2, 0) is 21.8 Å². The summed E-state index contributed by atoms with van der Waals surface area (Å²) < 4.78 is 0. The molecule has 0 saturated carbocycles. The molecule has 0 aliphatic carbocycles. The highest BCUT2D eigenvalue weighted by Crippen LogP contribution is 2.15. The number of hydrogen-bond donors (Lipinski definition) is 1. The van der Waals surface area contributed by atoms with Gasteiger partial charge in [-0.3, -0.25) is 9.59 Å². The number of rotatable bonds is 9. The monoisotopic (exact) mass is 384 g/mol. The fraction of sp³-hybridized carbons (Fsp3) is 0.364. The average molecular weight is 385 g/mol. The number of nitrogens with one attached hydrogen (secondary N) is 1. The first-order valence-corrected chi connectivity index (χ1v) is 10.3. The quantitative estimate of drug-likeness (QED) is 0.721. The van der Waals surface area contributed by atoms with E-state index in [1.54, 1.807) is 30.6 Å². The largest absolute Gasteiger partial charge is 0.357 e.